The summed E-state index contributed by atoms with van der Waals surface area (Å²) in [4.78, 5) is 19.2. The molecule has 3 aromatic rings. The van der Waals surface area contributed by atoms with Crippen LogP contribution >= 0.6 is 0 Å². The molecule has 2 aromatic carbocycles. The first-order chi connectivity index (χ1) is 13.3. The van der Waals surface area contributed by atoms with Crippen LogP contribution in [0.25, 0.3) is 0 Å². The van der Waals surface area contributed by atoms with Crippen LogP contribution in [-0.4, -0.2) is 27.6 Å². The zero-order valence-electron chi connectivity index (χ0n) is 14.9. The quantitative estimate of drug-likeness (QED) is 0.734. The SMILES string of the molecule is O=C(Nc1ccccc1CN1CCc2ccccc21)[C@@H]1C[C@H]1c1ncn[nH]1. The zero-order valence-corrected chi connectivity index (χ0v) is 14.9. The maximum Gasteiger partial charge on any atom is 0.228 e. The Morgan fingerprint density at radius 1 is 1.19 bits per heavy atom. The molecule has 0 bridgehead atoms. The van der Waals surface area contributed by atoms with E-state index in [9.17, 15) is 4.79 Å². The Morgan fingerprint density at radius 2 is 2.04 bits per heavy atom. The summed E-state index contributed by atoms with van der Waals surface area (Å²) in [5.74, 6) is 0.992. The van der Waals surface area contributed by atoms with Crippen LogP contribution in [0.3, 0.4) is 0 Å². The fourth-order valence-corrected chi connectivity index (χ4v) is 3.96. The molecule has 0 saturated heterocycles. The van der Waals surface area contributed by atoms with Crippen molar-refractivity contribution in [1.29, 1.82) is 0 Å². The lowest BCUT2D eigenvalue weighted by Crippen LogP contribution is -2.22. The highest BCUT2D eigenvalue weighted by Crippen LogP contribution is 2.46. The van der Waals surface area contributed by atoms with Crippen LogP contribution in [0, 0.1) is 5.92 Å². The summed E-state index contributed by atoms with van der Waals surface area (Å²) < 4.78 is 0. The number of nitrogens with one attached hydrogen (secondary N) is 2. The van der Waals surface area contributed by atoms with Crippen molar-refractivity contribution in [2.75, 3.05) is 16.8 Å². The lowest BCUT2D eigenvalue weighted by Gasteiger charge is -2.21. The standard InChI is InChI=1S/C21H21N5O/c27-21(17-11-16(17)20-22-13-23-25-20)24-18-7-3-1-6-15(18)12-26-10-9-14-5-2-4-8-19(14)26/h1-8,13,16-17H,9-12H2,(H,24,27)(H,22,23,25)/t16-,17-/m1/s1. The minimum Gasteiger partial charge on any atom is -0.367 e. The first-order valence-corrected chi connectivity index (χ1v) is 9.36. The van der Waals surface area contributed by atoms with Gasteiger partial charge in [-0.3, -0.25) is 9.89 Å². The van der Waals surface area contributed by atoms with Gasteiger partial charge in [0.25, 0.3) is 0 Å². The number of para-hydroxylation sites is 2. The van der Waals surface area contributed by atoms with Gasteiger partial charge < -0.3 is 10.2 Å². The van der Waals surface area contributed by atoms with Crippen molar-refractivity contribution in [3.8, 4) is 0 Å². The number of anilines is 2. The van der Waals surface area contributed by atoms with E-state index in [-0.39, 0.29) is 17.7 Å². The molecule has 5 rings (SSSR count). The van der Waals surface area contributed by atoms with Crippen LogP contribution in [-0.2, 0) is 17.8 Å². The van der Waals surface area contributed by atoms with Crippen molar-refractivity contribution in [2.45, 2.75) is 25.3 Å². The summed E-state index contributed by atoms with van der Waals surface area (Å²) in [7, 11) is 0. The molecule has 1 saturated carbocycles. The second-order valence-corrected chi connectivity index (χ2v) is 7.27. The molecule has 6 nitrogen and oxygen atoms in total. The number of hydrogen-bond acceptors (Lipinski definition) is 4. The Kier molecular flexibility index (Phi) is 3.89. The van der Waals surface area contributed by atoms with Gasteiger partial charge in [-0.15, -0.1) is 0 Å². The molecule has 27 heavy (non-hydrogen) atoms. The summed E-state index contributed by atoms with van der Waals surface area (Å²) in [6.07, 6.45) is 3.39. The summed E-state index contributed by atoms with van der Waals surface area (Å²) in [6.45, 7) is 1.81. The van der Waals surface area contributed by atoms with Gasteiger partial charge in [-0.1, -0.05) is 36.4 Å². The third-order valence-corrected chi connectivity index (χ3v) is 5.53. The number of aromatic amines is 1. The molecule has 1 aliphatic heterocycles. The van der Waals surface area contributed by atoms with E-state index in [2.05, 4.69) is 55.7 Å². The van der Waals surface area contributed by atoms with Gasteiger partial charge in [0.2, 0.25) is 5.91 Å². The molecule has 1 fully saturated rings. The highest BCUT2D eigenvalue weighted by Gasteiger charge is 2.46. The zero-order chi connectivity index (χ0) is 18.2. The third-order valence-electron chi connectivity index (χ3n) is 5.53. The Balaban J connectivity index is 1.30. The number of nitrogens with zero attached hydrogens (tertiary/aromatic N) is 3. The fourth-order valence-electron chi connectivity index (χ4n) is 3.96. The topological polar surface area (TPSA) is 73.9 Å². The highest BCUT2D eigenvalue weighted by molar-refractivity contribution is 5.95. The minimum absolute atomic E-state index is 0.0291. The van der Waals surface area contributed by atoms with Gasteiger partial charge in [0.05, 0.1) is 0 Å². The molecule has 2 heterocycles. The van der Waals surface area contributed by atoms with Crippen LogP contribution in [0.1, 0.15) is 29.3 Å². The number of carbonyl (C=O) groups is 1. The van der Waals surface area contributed by atoms with Crippen LogP contribution in [0.4, 0.5) is 11.4 Å². The van der Waals surface area contributed by atoms with Crippen LogP contribution < -0.4 is 10.2 Å². The number of fused-ring (bicyclic) bond motifs is 1. The molecule has 0 radical (unpaired) electrons. The van der Waals surface area contributed by atoms with Gasteiger partial charge in [-0.05, 0) is 36.1 Å². The van der Waals surface area contributed by atoms with Gasteiger partial charge in [-0.25, -0.2) is 4.98 Å². The molecule has 0 unspecified atom stereocenters. The van der Waals surface area contributed by atoms with Crippen molar-refractivity contribution >= 4 is 17.3 Å². The Morgan fingerprint density at radius 3 is 2.93 bits per heavy atom. The number of H-pyrrole nitrogens is 1. The van der Waals surface area contributed by atoms with Crippen molar-refractivity contribution in [1.82, 2.24) is 15.2 Å². The molecule has 2 aliphatic rings. The molecule has 2 N–H and O–H groups in total. The molecule has 136 valence electrons. The van der Waals surface area contributed by atoms with Crippen LogP contribution in [0.2, 0.25) is 0 Å². The number of amides is 1. The summed E-state index contributed by atoms with van der Waals surface area (Å²) >= 11 is 0. The van der Waals surface area contributed by atoms with E-state index in [0.29, 0.717) is 0 Å². The van der Waals surface area contributed by atoms with E-state index < -0.39 is 0 Å². The second-order valence-electron chi connectivity index (χ2n) is 7.27. The van der Waals surface area contributed by atoms with Gasteiger partial charge >= 0.3 is 0 Å². The van der Waals surface area contributed by atoms with Gasteiger partial charge in [0.1, 0.15) is 12.2 Å². The third kappa shape index (κ3) is 3.07. The molecular formula is C21H21N5O. The van der Waals surface area contributed by atoms with Crippen molar-refractivity contribution in [2.24, 2.45) is 5.92 Å². The Labute approximate surface area is 157 Å². The fraction of sp³-hybridized carbons (Fsp3) is 0.286. The molecule has 6 heteroatoms. The molecule has 1 aromatic heterocycles. The van der Waals surface area contributed by atoms with Crippen molar-refractivity contribution < 1.29 is 4.79 Å². The first kappa shape index (κ1) is 16.1. The Hall–Kier alpha value is -3.15. The maximum absolute atomic E-state index is 12.7. The van der Waals surface area contributed by atoms with Gasteiger partial charge in [0.15, 0.2) is 0 Å². The monoisotopic (exact) mass is 359 g/mol. The van der Waals surface area contributed by atoms with E-state index in [1.165, 1.54) is 17.6 Å². The lowest BCUT2D eigenvalue weighted by atomic mass is 10.1. The average Bonchev–Trinajstić information content (AvgIpc) is 3.12. The lowest BCUT2D eigenvalue weighted by molar-refractivity contribution is -0.117. The van der Waals surface area contributed by atoms with E-state index in [4.69, 9.17) is 0 Å². The van der Waals surface area contributed by atoms with E-state index >= 15 is 0 Å². The summed E-state index contributed by atoms with van der Waals surface area (Å²) in [5.41, 5.74) is 4.73. The number of rotatable bonds is 5. The largest absolute Gasteiger partial charge is 0.367 e. The first-order valence-electron chi connectivity index (χ1n) is 9.36. The molecule has 1 amide bonds. The second kappa shape index (κ2) is 6.54. The predicted molar refractivity (Wildman–Crippen MR) is 103 cm³/mol. The highest BCUT2D eigenvalue weighted by atomic mass is 16.2. The van der Waals surface area contributed by atoms with Gasteiger partial charge in [-0.2, -0.15) is 5.10 Å². The predicted octanol–water partition coefficient (Wildman–Crippen LogP) is 3.11. The minimum atomic E-state index is -0.0291. The molecule has 0 spiro atoms. The maximum atomic E-state index is 12.7. The van der Waals surface area contributed by atoms with E-state index in [1.54, 1.807) is 0 Å². The molecular weight excluding hydrogens is 338 g/mol. The number of aromatic nitrogens is 3. The normalized spacial score (nSPS) is 20.4. The van der Waals surface area contributed by atoms with Crippen LogP contribution in [0.15, 0.2) is 54.9 Å². The number of benzene rings is 2. The Bertz CT molecular complexity index is 968. The van der Waals surface area contributed by atoms with Crippen molar-refractivity contribution in [3.63, 3.8) is 0 Å². The van der Waals surface area contributed by atoms with E-state index in [1.807, 2.05) is 18.2 Å². The van der Waals surface area contributed by atoms with Crippen LogP contribution in [0.5, 0.6) is 0 Å². The summed E-state index contributed by atoms with van der Waals surface area (Å²) in [5, 5.41) is 9.88. The molecule has 1 aliphatic carbocycles. The smallest absolute Gasteiger partial charge is 0.228 e. The van der Waals surface area contributed by atoms with Gasteiger partial charge in [0, 0.05) is 36.3 Å². The average molecular weight is 359 g/mol. The van der Waals surface area contributed by atoms with E-state index in [0.717, 1.165) is 43.0 Å². The number of hydrogen-bond donors (Lipinski definition) is 2. The number of carbonyl (C=O) groups excluding carboxylic acids is 1. The molecule has 2 atom stereocenters. The summed E-state index contributed by atoms with van der Waals surface area (Å²) in [6, 6.07) is 16.6. The van der Waals surface area contributed by atoms with Crippen molar-refractivity contribution in [3.05, 3.63) is 71.8 Å².